The van der Waals surface area contributed by atoms with Gasteiger partial charge in [-0.1, -0.05) is 12.1 Å². The van der Waals surface area contributed by atoms with E-state index in [2.05, 4.69) is 0 Å². The second-order valence-electron chi connectivity index (χ2n) is 2.97. The maximum Gasteiger partial charge on any atom is 0.174 e. The topological polar surface area (TPSA) is 52.3 Å². The van der Waals surface area contributed by atoms with E-state index < -0.39 is 6.50 Å². The van der Waals surface area contributed by atoms with Crippen LogP contribution in [0, 0.1) is 0 Å². The molecule has 0 aliphatic carbocycles. The van der Waals surface area contributed by atoms with Crippen molar-refractivity contribution in [3.8, 4) is 5.75 Å². The number of rotatable bonds is 1. The van der Waals surface area contributed by atoms with Gasteiger partial charge in [-0.15, -0.1) is 0 Å². The van der Waals surface area contributed by atoms with Crippen LogP contribution >= 0.6 is 0 Å². The Morgan fingerprint density at radius 3 is 3.23 bits per heavy atom. The third kappa shape index (κ3) is 1.55. The SMILES string of the molecule is [2H]C([2H])(N)c1ccc2c(c1)CC(=O)CO2. The van der Waals surface area contributed by atoms with Crippen LogP contribution in [0.4, 0.5) is 0 Å². The van der Waals surface area contributed by atoms with E-state index >= 15 is 0 Å². The molecule has 0 aromatic heterocycles. The van der Waals surface area contributed by atoms with Crippen LogP contribution in [0.15, 0.2) is 18.2 Å². The van der Waals surface area contributed by atoms with Gasteiger partial charge in [0.2, 0.25) is 0 Å². The van der Waals surface area contributed by atoms with Crippen molar-refractivity contribution in [3.63, 3.8) is 0 Å². The second kappa shape index (κ2) is 3.18. The van der Waals surface area contributed by atoms with Gasteiger partial charge >= 0.3 is 0 Å². The molecule has 1 aliphatic rings. The first kappa shape index (κ1) is 6.16. The predicted octanol–water partition coefficient (Wildman–Crippen LogP) is 0.649. The number of fused-ring (bicyclic) bond motifs is 1. The number of benzene rings is 1. The molecule has 0 unspecified atom stereocenters. The van der Waals surface area contributed by atoms with Gasteiger partial charge in [-0.05, 0) is 11.6 Å². The van der Waals surface area contributed by atoms with Gasteiger partial charge in [-0.2, -0.15) is 0 Å². The second-order valence-corrected chi connectivity index (χ2v) is 2.97. The number of nitrogens with two attached hydrogens (primary N) is 1. The standard InChI is InChI=1S/C10H11NO2/c11-5-7-1-2-10-8(3-7)4-9(12)6-13-10/h1-3H,4-6,11H2/i5D2. The van der Waals surface area contributed by atoms with Crippen LogP contribution in [0.3, 0.4) is 0 Å². The Morgan fingerprint density at radius 1 is 1.62 bits per heavy atom. The summed E-state index contributed by atoms with van der Waals surface area (Å²) in [6.07, 6.45) is 0.291. The molecule has 1 aromatic carbocycles. The summed E-state index contributed by atoms with van der Waals surface area (Å²) in [4.78, 5) is 11.1. The van der Waals surface area contributed by atoms with Gasteiger partial charge in [-0.3, -0.25) is 4.79 Å². The Morgan fingerprint density at radius 2 is 2.46 bits per heavy atom. The maximum atomic E-state index is 11.1. The van der Waals surface area contributed by atoms with Crippen LogP contribution in [0.1, 0.15) is 13.9 Å². The Bertz CT molecular complexity index is 412. The average Bonchev–Trinajstić information content (AvgIpc) is 2.15. The molecule has 13 heavy (non-hydrogen) atoms. The van der Waals surface area contributed by atoms with Crippen LogP contribution < -0.4 is 10.5 Å². The molecule has 0 atom stereocenters. The highest BCUT2D eigenvalue weighted by atomic mass is 16.5. The highest BCUT2D eigenvalue weighted by molar-refractivity contribution is 5.84. The lowest BCUT2D eigenvalue weighted by molar-refractivity contribution is -0.121. The summed E-state index contributed by atoms with van der Waals surface area (Å²) in [5.41, 5.74) is 6.40. The van der Waals surface area contributed by atoms with Gasteiger partial charge in [0.05, 0.1) is 0 Å². The van der Waals surface area contributed by atoms with Gasteiger partial charge in [0, 0.05) is 21.2 Å². The molecule has 1 heterocycles. The molecule has 1 aromatic rings. The van der Waals surface area contributed by atoms with Gasteiger partial charge in [0.1, 0.15) is 12.4 Å². The normalized spacial score (nSPS) is 18.4. The van der Waals surface area contributed by atoms with E-state index in [4.69, 9.17) is 13.2 Å². The summed E-state index contributed by atoms with van der Waals surface area (Å²) in [7, 11) is 0. The summed E-state index contributed by atoms with van der Waals surface area (Å²) in [5.74, 6) is 0.639. The Hall–Kier alpha value is -1.35. The summed E-state index contributed by atoms with van der Waals surface area (Å²) >= 11 is 0. The minimum Gasteiger partial charge on any atom is -0.486 e. The lowest BCUT2D eigenvalue weighted by atomic mass is 10.0. The first-order valence-corrected chi connectivity index (χ1v) is 4.03. The van der Waals surface area contributed by atoms with E-state index in [-0.39, 0.29) is 12.4 Å². The highest BCUT2D eigenvalue weighted by Gasteiger charge is 2.16. The van der Waals surface area contributed by atoms with E-state index in [0.29, 0.717) is 23.3 Å². The van der Waals surface area contributed by atoms with Crippen molar-refractivity contribution < 1.29 is 12.3 Å². The van der Waals surface area contributed by atoms with Crippen molar-refractivity contribution in [2.45, 2.75) is 12.9 Å². The number of ether oxygens (including phenoxy) is 1. The molecule has 0 saturated heterocycles. The third-order valence-corrected chi connectivity index (χ3v) is 2.00. The number of hydrogen-bond acceptors (Lipinski definition) is 3. The quantitative estimate of drug-likeness (QED) is 0.688. The number of carbonyl (C=O) groups excluding carboxylic acids is 1. The van der Waals surface area contributed by atoms with Crippen LogP contribution in [0.5, 0.6) is 5.75 Å². The smallest absolute Gasteiger partial charge is 0.174 e. The molecule has 0 fully saturated rings. The zero-order valence-electron chi connectivity index (χ0n) is 9.04. The summed E-state index contributed by atoms with van der Waals surface area (Å²) in [5, 5.41) is 0. The molecule has 0 radical (unpaired) electrons. The lowest BCUT2D eigenvalue weighted by Crippen LogP contribution is -2.20. The molecule has 0 bridgehead atoms. The molecule has 68 valence electrons. The molecule has 3 heteroatoms. The first-order chi connectivity index (χ1) is 6.97. The number of ketones is 1. The van der Waals surface area contributed by atoms with Crippen molar-refractivity contribution in [1.82, 2.24) is 0 Å². The van der Waals surface area contributed by atoms with Crippen molar-refractivity contribution in [1.29, 1.82) is 0 Å². The lowest BCUT2D eigenvalue weighted by Gasteiger charge is -2.16. The Balaban J connectivity index is 2.41. The molecule has 0 spiro atoms. The van der Waals surface area contributed by atoms with E-state index in [1.54, 1.807) is 18.2 Å². The summed E-state index contributed by atoms with van der Waals surface area (Å²) in [6, 6.07) is 4.82. The maximum absolute atomic E-state index is 11.1. The van der Waals surface area contributed by atoms with Gasteiger partial charge in [-0.25, -0.2) is 0 Å². The number of Topliss-reactive ketones (excluding diaryl/α,β-unsaturated/α-hetero) is 1. The molecule has 3 nitrogen and oxygen atoms in total. The summed E-state index contributed by atoms with van der Waals surface area (Å²) < 4.78 is 19.9. The molecule has 2 N–H and O–H groups in total. The Kier molecular flexibility index (Phi) is 1.51. The van der Waals surface area contributed by atoms with Crippen LogP contribution in [0.25, 0.3) is 0 Å². The third-order valence-electron chi connectivity index (χ3n) is 2.00. The molecule has 2 rings (SSSR count). The zero-order chi connectivity index (χ0) is 11.1. The number of hydrogen-bond donors (Lipinski definition) is 1. The monoisotopic (exact) mass is 179 g/mol. The van der Waals surface area contributed by atoms with Gasteiger partial charge in [0.25, 0.3) is 0 Å². The molecular formula is C10H11NO2. The van der Waals surface area contributed by atoms with Crippen molar-refractivity contribution in [2.24, 2.45) is 5.73 Å². The first-order valence-electron chi connectivity index (χ1n) is 5.03. The van der Waals surface area contributed by atoms with E-state index in [9.17, 15) is 4.79 Å². The zero-order valence-corrected chi connectivity index (χ0v) is 7.04. The fraction of sp³-hybridized carbons (Fsp3) is 0.300. The fourth-order valence-corrected chi connectivity index (χ4v) is 1.37. The fourth-order valence-electron chi connectivity index (χ4n) is 1.37. The van der Waals surface area contributed by atoms with Crippen molar-refractivity contribution in [3.05, 3.63) is 29.3 Å². The predicted molar refractivity (Wildman–Crippen MR) is 48.5 cm³/mol. The van der Waals surface area contributed by atoms with Crippen molar-refractivity contribution in [2.75, 3.05) is 6.61 Å². The minimum absolute atomic E-state index is 0.00256. The van der Waals surface area contributed by atoms with Crippen LogP contribution in [-0.2, 0) is 17.7 Å². The van der Waals surface area contributed by atoms with Gasteiger partial charge in [0.15, 0.2) is 5.78 Å². The van der Waals surface area contributed by atoms with E-state index in [1.165, 1.54) is 0 Å². The Labute approximate surface area is 79.3 Å². The van der Waals surface area contributed by atoms with Gasteiger partial charge < -0.3 is 10.5 Å². The van der Waals surface area contributed by atoms with Crippen LogP contribution in [-0.4, -0.2) is 12.4 Å². The minimum atomic E-state index is -1.88. The molecular weight excluding hydrogens is 166 g/mol. The molecule has 0 saturated carbocycles. The van der Waals surface area contributed by atoms with Crippen LogP contribution in [0.2, 0.25) is 0 Å². The largest absolute Gasteiger partial charge is 0.486 e. The van der Waals surface area contributed by atoms with E-state index in [0.717, 1.165) is 0 Å². The molecule has 1 aliphatic heterocycles. The average molecular weight is 179 g/mol. The van der Waals surface area contributed by atoms with E-state index in [1.807, 2.05) is 0 Å². The van der Waals surface area contributed by atoms with Crippen molar-refractivity contribution >= 4 is 5.78 Å². The summed E-state index contributed by atoms with van der Waals surface area (Å²) in [6.45, 7) is -1.78. The molecule has 0 amide bonds. The highest BCUT2D eigenvalue weighted by Crippen LogP contribution is 2.24. The number of carbonyl (C=O) groups is 1.